The van der Waals surface area contributed by atoms with E-state index in [1.807, 2.05) is 19.1 Å². The minimum atomic E-state index is -0.378. The van der Waals surface area contributed by atoms with Crippen LogP contribution in [0.15, 0.2) is 51.2 Å². The summed E-state index contributed by atoms with van der Waals surface area (Å²) in [4.78, 5) is 22.5. The van der Waals surface area contributed by atoms with Gasteiger partial charge in [0, 0.05) is 28.2 Å². The van der Waals surface area contributed by atoms with Gasteiger partial charge in [0.1, 0.15) is 19.5 Å². The zero-order valence-electron chi connectivity index (χ0n) is 16.0. The molecule has 0 atom stereocenters. The number of amides is 1. The van der Waals surface area contributed by atoms with Crippen LogP contribution in [0.5, 0.6) is 0 Å². The molecule has 0 saturated carbocycles. The monoisotopic (exact) mass is 449 g/mol. The molecule has 0 aromatic heterocycles. The standard InChI is InChI=1S/C20H21BrFN3O3/c1-12-6-5-7-15(19(25-27-4)20(26)23-3)17(12)11-28-24-13(2)16-10-14(22)8-9-18(16)21/h5-10H,11H2,1-4H3,(H,23,26)/b24-13+,25-19+. The summed E-state index contributed by atoms with van der Waals surface area (Å²) in [5, 5.41) is 10.5. The zero-order chi connectivity index (χ0) is 20.7. The van der Waals surface area contributed by atoms with E-state index in [-0.39, 0.29) is 24.0 Å². The first-order chi connectivity index (χ1) is 13.4. The lowest BCUT2D eigenvalue weighted by Gasteiger charge is -2.13. The molecule has 28 heavy (non-hydrogen) atoms. The molecule has 0 aliphatic carbocycles. The number of nitrogens with zero attached hydrogens (tertiary/aromatic N) is 2. The van der Waals surface area contributed by atoms with E-state index in [4.69, 9.17) is 9.68 Å². The molecule has 2 aromatic rings. The van der Waals surface area contributed by atoms with Gasteiger partial charge in [-0.2, -0.15) is 0 Å². The Hall–Kier alpha value is -2.74. The molecular weight excluding hydrogens is 429 g/mol. The summed E-state index contributed by atoms with van der Waals surface area (Å²) in [6, 6.07) is 9.83. The number of carbonyl (C=O) groups is 1. The second-order valence-corrected chi connectivity index (χ2v) is 6.73. The van der Waals surface area contributed by atoms with Crippen LogP contribution in [-0.2, 0) is 21.1 Å². The van der Waals surface area contributed by atoms with Gasteiger partial charge in [-0.1, -0.05) is 44.4 Å². The second-order valence-electron chi connectivity index (χ2n) is 5.88. The fraction of sp³-hybridized carbons (Fsp3) is 0.250. The average Bonchev–Trinajstić information content (AvgIpc) is 2.68. The summed E-state index contributed by atoms with van der Waals surface area (Å²) >= 11 is 3.37. The predicted molar refractivity (Wildman–Crippen MR) is 110 cm³/mol. The van der Waals surface area contributed by atoms with Gasteiger partial charge in [-0.3, -0.25) is 4.79 Å². The molecule has 0 saturated heterocycles. The normalized spacial score (nSPS) is 11.9. The van der Waals surface area contributed by atoms with Crippen molar-refractivity contribution >= 4 is 33.3 Å². The Bertz CT molecular complexity index is 929. The van der Waals surface area contributed by atoms with Crippen molar-refractivity contribution < 1.29 is 18.9 Å². The summed E-state index contributed by atoms with van der Waals surface area (Å²) < 4.78 is 14.2. The zero-order valence-corrected chi connectivity index (χ0v) is 17.6. The van der Waals surface area contributed by atoms with E-state index in [9.17, 15) is 9.18 Å². The highest BCUT2D eigenvalue weighted by atomic mass is 79.9. The van der Waals surface area contributed by atoms with Crippen LogP contribution in [-0.4, -0.2) is 31.5 Å². The Morgan fingerprint density at radius 1 is 1.21 bits per heavy atom. The Morgan fingerprint density at radius 3 is 2.64 bits per heavy atom. The molecule has 2 rings (SSSR count). The van der Waals surface area contributed by atoms with Gasteiger partial charge in [-0.25, -0.2) is 4.39 Å². The lowest BCUT2D eigenvalue weighted by molar-refractivity contribution is -0.114. The van der Waals surface area contributed by atoms with Gasteiger partial charge in [-0.15, -0.1) is 0 Å². The van der Waals surface area contributed by atoms with E-state index in [0.717, 1.165) is 11.1 Å². The Labute approximate surface area is 171 Å². The fourth-order valence-corrected chi connectivity index (χ4v) is 3.09. The quantitative estimate of drug-likeness (QED) is 0.513. The molecule has 1 N–H and O–H groups in total. The van der Waals surface area contributed by atoms with Gasteiger partial charge in [-0.05, 0) is 37.6 Å². The van der Waals surface area contributed by atoms with Gasteiger partial charge in [0.25, 0.3) is 5.91 Å². The van der Waals surface area contributed by atoms with E-state index in [2.05, 4.69) is 31.6 Å². The summed E-state index contributed by atoms with van der Waals surface area (Å²) in [5.41, 5.74) is 3.49. The smallest absolute Gasteiger partial charge is 0.273 e. The number of nitrogens with one attached hydrogen (secondary N) is 1. The number of halogens is 2. The predicted octanol–water partition coefficient (Wildman–Crippen LogP) is 3.93. The highest BCUT2D eigenvalue weighted by Gasteiger charge is 2.19. The van der Waals surface area contributed by atoms with E-state index in [1.165, 1.54) is 26.3 Å². The number of hydrogen-bond donors (Lipinski definition) is 1. The number of rotatable bonds is 7. The van der Waals surface area contributed by atoms with Crippen molar-refractivity contribution in [2.45, 2.75) is 20.5 Å². The minimum absolute atomic E-state index is 0.103. The summed E-state index contributed by atoms with van der Waals surface area (Å²) in [7, 11) is 2.89. The van der Waals surface area contributed by atoms with Crippen molar-refractivity contribution in [1.29, 1.82) is 0 Å². The Morgan fingerprint density at radius 2 is 1.96 bits per heavy atom. The average molecular weight is 450 g/mol. The molecule has 0 fully saturated rings. The van der Waals surface area contributed by atoms with Crippen LogP contribution >= 0.6 is 15.9 Å². The van der Waals surface area contributed by atoms with Crippen molar-refractivity contribution in [2.75, 3.05) is 14.2 Å². The molecule has 1 amide bonds. The SMILES string of the molecule is CNC(=O)/C(=N/OC)c1cccc(C)c1CO/N=C(\C)c1cc(F)ccc1Br. The molecule has 0 bridgehead atoms. The lowest BCUT2D eigenvalue weighted by atomic mass is 9.98. The van der Waals surface area contributed by atoms with Crippen molar-refractivity contribution in [2.24, 2.45) is 10.3 Å². The topological polar surface area (TPSA) is 72.3 Å². The number of benzene rings is 2. The summed E-state index contributed by atoms with van der Waals surface area (Å²) in [5.74, 6) is -0.739. The first-order valence-corrected chi connectivity index (χ1v) is 9.22. The van der Waals surface area contributed by atoms with Crippen LogP contribution in [0.25, 0.3) is 0 Å². The molecule has 0 spiro atoms. The van der Waals surface area contributed by atoms with Crippen LogP contribution in [0.1, 0.15) is 29.2 Å². The maximum atomic E-state index is 13.5. The van der Waals surface area contributed by atoms with E-state index >= 15 is 0 Å². The largest absolute Gasteiger partial charge is 0.398 e. The third-order valence-electron chi connectivity index (χ3n) is 4.02. The Kier molecular flexibility index (Phi) is 7.69. The van der Waals surface area contributed by atoms with Gasteiger partial charge >= 0.3 is 0 Å². The third kappa shape index (κ3) is 5.16. The number of oxime groups is 2. The summed E-state index contributed by atoms with van der Waals surface area (Å²) in [6.45, 7) is 3.73. The van der Waals surface area contributed by atoms with Gasteiger partial charge in [0.2, 0.25) is 0 Å². The summed E-state index contributed by atoms with van der Waals surface area (Å²) in [6.07, 6.45) is 0. The van der Waals surface area contributed by atoms with Crippen molar-refractivity contribution in [1.82, 2.24) is 5.32 Å². The maximum Gasteiger partial charge on any atom is 0.273 e. The molecule has 0 radical (unpaired) electrons. The van der Waals surface area contributed by atoms with Crippen molar-refractivity contribution in [3.8, 4) is 0 Å². The number of likely N-dealkylation sites (N-methyl/N-ethyl adjacent to an activating group) is 1. The molecule has 148 valence electrons. The van der Waals surface area contributed by atoms with E-state index in [1.54, 1.807) is 19.1 Å². The van der Waals surface area contributed by atoms with Crippen molar-refractivity contribution in [3.63, 3.8) is 0 Å². The number of aryl methyl sites for hydroxylation is 1. The molecule has 0 heterocycles. The molecule has 2 aromatic carbocycles. The first kappa shape index (κ1) is 21.6. The number of hydrogen-bond acceptors (Lipinski definition) is 5. The third-order valence-corrected chi connectivity index (χ3v) is 4.71. The molecular formula is C20H21BrFN3O3. The molecule has 0 unspecified atom stereocenters. The van der Waals surface area contributed by atoms with Crippen LogP contribution in [0.4, 0.5) is 4.39 Å². The van der Waals surface area contributed by atoms with Gasteiger partial charge in [0.15, 0.2) is 5.71 Å². The van der Waals surface area contributed by atoms with E-state index < -0.39 is 0 Å². The molecule has 0 aliphatic rings. The van der Waals surface area contributed by atoms with Crippen LogP contribution in [0.2, 0.25) is 0 Å². The van der Waals surface area contributed by atoms with Gasteiger partial charge in [0.05, 0.1) is 5.71 Å². The number of carbonyl (C=O) groups excluding carboxylic acids is 1. The minimum Gasteiger partial charge on any atom is -0.398 e. The highest BCUT2D eigenvalue weighted by molar-refractivity contribution is 9.10. The molecule has 0 aliphatic heterocycles. The lowest BCUT2D eigenvalue weighted by Crippen LogP contribution is -2.29. The highest BCUT2D eigenvalue weighted by Crippen LogP contribution is 2.20. The van der Waals surface area contributed by atoms with E-state index in [0.29, 0.717) is 21.3 Å². The van der Waals surface area contributed by atoms with Crippen LogP contribution in [0, 0.1) is 12.7 Å². The van der Waals surface area contributed by atoms with Gasteiger partial charge < -0.3 is 15.0 Å². The van der Waals surface area contributed by atoms with Crippen LogP contribution < -0.4 is 5.32 Å². The first-order valence-electron chi connectivity index (χ1n) is 8.43. The van der Waals surface area contributed by atoms with Crippen molar-refractivity contribution in [3.05, 3.63) is 68.9 Å². The Balaban J connectivity index is 2.31. The second kappa shape index (κ2) is 9.98. The molecule has 8 heteroatoms. The van der Waals surface area contributed by atoms with Crippen LogP contribution in [0.3, 0.4) is 0 Å². The maximum absolute atomic E-state index is 13.5. The molecule has 6 nitrogen and oxygen atoms in total. The fourth-order valence-electron chi connectivity index (χ4n) is 2.56.